The van der Waals surface area contributed by atoms with Crippen LogP contribution >= 0.6 is 11.6 Å². The Kier molecular flexibility index (Phi) is 7.20. The van der Waals surface area contributed by atoms with Crippen molar-refractivity contribution in [2.45, 2.75) is 61.6 Å². The lowest BCUT2D eigenvalue weighted by atomic mass is 9.76. The molecule has 2 saturated heterocycles. The van der Waals surface area contributed by atoms with Gasteiger partial charge in [0.05, 0.1) is 22.7 Å². The van der Waals surface area contributed by atoms with Crippen molar-refractivity contribution >= 4 is 27.5 Å². The molecule has 2 heterocycles. The average Bonchev–Trinajstić information content (AvgIpc) is 3.01. The number of rotatable bonds is 5. The molecule has 0 bridgehead atoms. The van der Waals surface area contributed by atoms with Crippen molar-refractivity contribution in [3.8, 4) is 0 Å². The molecule has 2 aliphatic heterocycles. The topological polar surface area (TPSA) is 99.8 Å². The number of hydrogen-bond acceptors (Lipinski definition) is 6. The second kappa shape index (κ2) is 9.09. The van der Waals surface area contributed by atoms with Crippen LogP contribution < -0.4 is 15.6 Å². The van der Waals surface area contributed by atoms with Gasteiger partial charge in [0.15, 0.2) is 0 Å². The van der Waals surface area contributed by atoms with Crippen LogP contribution in [0.15, 0.2) is 0 Å². The molecule has 3 aliphatic rings. The SMILES string of the molecule is CC1NCC(C2CC(Cl)C(F)C(C(=O)NNS(=O)(=O)C3CCOCC3)C2)N1C. The van der Waals surface area contributed by atoms with Crippen molar-refractivity contribution in [3.63, 3.8) is 0 Å². The van der Waals surface area contributed by atoms with Gasteiger partial charge in [-0.25, -0.2) is 12.8 Å². The third kappa shape index (κ3) is 4.79. The number of amides is 1. The summed E-state index contributed by atoms with van der Waals surface area (Å²) in [5.74, 6) is -1.59. The molecule has 0 aromatic heterocycles. The Hall–Kier alpha value is -0.520. The summed E-state index contributed by atoms with van der Waals surface area (Å²) in [5.41, 5.74) is 2.23. The van der Waals surface area contributed by atoms with Gasteiger partial charge in [0.2, 0.25) is 15.9 Å². The summed E-state index contributed by atoms with van der Waals surface area (Å²) in [5, 5.41) is 1.96. The molecule has 0 spiro atoms. The van der Waals surface area contributed by atoms with E-state index in [4.69, 9.17) is 16.3 Å². The maximum absolute atomic E-state index is 14.7. The van der Waals surface area contributed by atoms with Gasteiger partial charge in [-0.1, -0.05) is 0 Å². The number of sulfonamides is 1. The van der Waals surface area contributed by atoms with Gasteiger partial charge < -0.3 is 10.1 Å². The monoisotopic (exact) mass is 440 g/mol. The van der Waals surface area contributed by atoms with Crippen LogP contribution in [0, 0.1) is 11.8 Å². The standard InChI is InChI=1S/C17H30ClFN4O4S/c1-10-20-9-15(23(10)2)11-7-13(16(19)14(18)8-11)17(24)21-22-28(25,26)12-3-5-27-6-4-12/h10-16,20,22H,3-9H2,1-2H3,(H,21,24). The Morgan fingerprint density at radius 2 is 1.96 bits per heavy atom. The maximum Gasteiger partial charge on any atom is 0.241 e. The highest BCUT2D eigenvalue weighted by Gasteiger charge is 2.46. The molecule has 11 heteroatoms. The lowest BCUT2D eigenvalue weighted by Gasteiger charge is -2.39. The number of halogens is 2. The lowest BCUT2D eigenvalue weighted by molar-refractivity contribution is -0.129. The van der Waals surface area contributed by atoms with E-state index in [1.165, 1.54) is 0 Å². The first-order valence-corrected chi connectivity index (χ1v) is 11.8. The Labute approximate surface area is 170 Å². The van der Waals surface area contributed by atoms with E-state index in [0.717, 1.165) is 6.54 Å². The Morgan fingerprint density at radius 3 is 2.57 bits per heavy atom. The van der Waals surface area contributed by atoms with Gasteiger partial charge in [0.25, 0.3) is 0 Å². The number of ether oxygens (including phenoxy) is 1. The second-order valence-corrected chi connectivity index (χ2v) is 10.6. The van der Waals surface area contributed by atoms with E-state index < -0.39 is 38.6 Å². The fraction of sp³-hybridized carbons (Fsp3) is 0.941. The van der Waals surface area contributed by atoms with Crippen LogP contribution in [0.25, 0.3) is 0 Å². The summed E-state index contributed by atoms with van der Waals surface area (Å²) in [6, 6.07) is 0.165. The first-order chi connectivity index (χ1) is 13.2. The van der Waals surface area contributed by atoms with Crippen LogP contribution in [-0.2, 0) is 19.6 Å². The largest absolute Gasteiger partial charge is 0.381 e. The zero-order chi connectivity index (χ0) is 20.5. The normalized spacial score (nSPS) is 38.4. The first-order valence-electron chi connectivity index (χ1n) is 9.82. The highest BCUT2D eigenvalue weighted by Crippen LogP contribution is 2.38. The van der Waals surface area contributed by atoms with Crippen molar-refractivity contribution in [1.82, 2.24) is 20.5 Å². The minimum absolute atomic E-state index is 0.0554. The number of nitrogens with zero attached hydrogens (tertiary/aromatic N) is 1. The van der Waals surface area contributed by atoms with E-state index in [-0.39, 0.29) is 18.1 Å². The van der Waals surface area contributed by atoms with Gasteiger partial charge in [-0.3, -0.25) is 15.1 Å². The number of nitrogens with one attached hydrogen (secondary N) is 3. The molecule has 0 aromatic rings. The van der Waals surface area contributed by atoms with Crippen molar-refractivity contribution in [1.29, 1.82) is 0 Å². The third-order valence-corrected chi connectivity index (χ3v) is 8.53. The van der Waals surface area contributed by atoms with Crippen LogP contribution in [0.4, 0.5) is 4.39 Å². The minimum Gasteiger partial charge on any atom is -0.381 e. The number of carbonyl (C=O) groups is 1. The Morgan fingerprint density at radius 1 is 1.29 bits per heavy atom. The van der Waals surface area contributed by atoms with Crippen LogP contribution in [0.2, 0.25) is 0 Å². The average molecular weight is 441 g/mol. The number of hydrazine groups is 1. The zero-order valence-electron chi connectivity index (χ0n) is 16.2. The van der Waals surface area contributed by atoms with E-state index in [2.05, 4.69) is 20.5 Å². The smallest absolute Gasteiger partial charge is 0.241 e. The van der Waals surface area contributed by atoms with Gasteiger partial charge >= 0.3 is 0 Å². The molecule has 28 heavy (non-hydrogen) atoms. The van der Waals surface area contributed by atoms with Crippen molar-refractivity contribution in [2.75, 3.05) is 26.8 Å². The molecule has 6 unspecified atom stereocenters. The quantitative estimate of drug-likeness (QED) is 0.421. The highest BCUT2D eigenvalue weighted by atomic mass is 35.5. The second-order valence-electron chi connectivity index (χ2n) is 8.06. The lowest BCUT2D eigenvalue weighted by Crippen LogP contribution is -2.53. The summed E-state index contributed by atoms with van der Waals surface area (Å²) in [6.45, 7) is 3.54. The molecular formula is C17H30ClFN4O4S. The predicted molar refractivity (Wildman–Crippen MR) is 104 cm³/mol. The molecule has 3 N–H and O–H groups in total. The molecule has 162 valence electrons. The molecule has 1 saturated carbocycles. The molecule has 1 aliphatic carbocycles. The summed E-state index contributed by atoms with van der Waals surface area (Å²) in [4.78, 5) is 16.9. The van der Waals surface area contributed by atoms with Gasteiger partial charge in [-0.05, 0) is 45.6 Å². The van der Waals surface area contributed by atoms with E-state index in [0.29, 0.717) is 38.9 Å². The van der Waals surface area contributed by atoms with E-state index in [1.54, 1.807) is 0 Å². The van der Waals surface area contributed by atoms with Gasteiger partial charge in [0, 0.05) is 25.8 Å². The van der Waals surface area contributed by atoms with Crippen LogP contribution in [0.1, 0.15) is 32.6 Å². The molecule has 0 aromatic carbocycles. The minimum atomic E-state index is -3.73. The Balaban J connectivity index is 1.61. The molecule has 3 rings (SSSR count). The third-order valence-electron chi connectivity index (χ3n) is 6.38. The van der Waals surface area contributed by atoms with E-state index >= 15 is 0 Å². The van der Waals surface area contributed by atoms with Crippen LogP contribution in [-0.4, -0.2) is 75.0 Å². The van der Waals surface area contributed by atoms with Crippen molar-refractivity contribution < 1.29 is 22.3 Å². The molecule has 6 atom stereocenters. The summed E-state index contributed by atoms with van der Waals surface area (Å²) in [6.07, 6.45) is 0.252. The van der Waals surface area contributed by atoms with E-state index in [1.807, 2.05) is 14.0 Å². The summed E-state index contributed by atoms with van der Waals surface area (Å²) < 4.78 is 44.6. The fourth-order valence-electron chi connectivity index (χ4n) is 4.44. The molecule has 0 radical (unpaired) electrons. The van der Waals surface area contributed by atoms with Crippen LogP contribution in [0.5, 0.6) is 0 Å². The van der Waals surface area contributed by atoms with Crippen LogP contribution in [0.3, 0.4) is 0 Å². The number of alkyl halides is 2. The number of hydrogen-bond donors (Lipinski definition) is 3. The van der Waals surface area contributed by atoms with Crippen molar-refractivity contribution in [3.05, 3.63) is 0 Å². The fourth-order valence-corrected chi connectivity index (χ4v) is 6.07. The molecule has 3 fully saturated rings. The maximum atomic E-state index is 14.7. The highest BCUT2D eigenvalue weighted by molar-refractivity contribution is 7.90. The summed E-state index contributed by atoms with van der Waals surface area (Å²) >= 11 is 6.23. The van der Waals surface area contributed by atoms with Gasteiger partial charge in [-0.15, -0.1) is 16.4 Å². The van der Waals surface area contributed by atoms with Gasteiger partial charge in [-0.2, -0.15) is 0 Å². The Bertz CT molecular complexity index is 664. The molecule has 1 amide bonds. The summed E-state index contributed by atoms with van der Waals surface area (Å²) in [7, 11) is -1.73. The number of carbonyl (C=O) groups excluding carboxylic acids is 1. The van der Waals surface area contributed by atoms with E-state index in [9.17, 15) is 17.6 Å². The molecule has 8 nitrogen and oxygen atoms in total. The van der Waals surface area contributed by atoms with Gasteiger partial charge in [0.1, 0.15) is 6.17 Å². The zero-order valence-corrected chi connectivity index (χ0v) is 17.8. The van der Waals surface area contributed by atoms with Crippen molar-refractivity contribution in [2.24, 2.45) is 11.8 Å². The predicted octanol–water partition coefficient (Wildman–Crippen LogP) is 0.337. The molecular weight excluding hydrogens is 411 g/mol. The number of likely N-dealkylation sites (N-methyl/N-ethyl adjacent to an activating group) is 1. The first kappa shape index (κ1) is 22.2.